The number of nitriles is 1. The standard InChI is InChI=1S/C13H7BrClNOS/c14-10-6-8(3-4-11(10)15)13(17)9(7-16)12-2-1-5-18-12/h1-6,9H. The van der Waals surface area contributed by atoms with Crippen molar-refractivity contribution in [3.05, 3.63) is 55.6 Å². The van der Waals surface area contributed by atoms with E-state index in [4.69, 9.17) is 16.9 Å². The Morgan fingerprint density at radius 3 is 2.78 bits per heavy atom. The summed E-state index contributed by atoms with van der Waals surface area (Å²) in [6.45, 7) is 0. The summed E-state index contributed by atoms with van der Waals surface area (Å²) in [5.74, 6) is -0.963. The molecule has 0 spiro atoms. The number of rotatable bonds is 3. The van der Waals surface area contributed by atoms with Crippen molar-refractivity contribution in [3.8, 4) is 6.07 Å². The van der Waals surface area contributed by atoms with Crippen LogP contribution in [0.15, 0.2) is 40.2 Å². The molecular weight excluding hydrogens is 334 g/mol. The fourth-order valence-electron chi connectivity index (χ4n) is 1.52. The van der Waals surface area contributed by atoms with Gasteiger partial charge in [0.05, 0.1) is 11.1 Å². The Balaban J connectivity index is 2.36. The van der Waals surface area contributed by atoms with Crippen molar-refractivity contribution in [2.45, 2.75) is 5.92 Å². The third kappa shape index (κ3) is 2.64. The summed E-state index contributed by atoms with van der Waals surface area (Å²) in [4.78, 5) is 13.0. The van der Waals surface area contributed by atoms with Gasteiger partial charge in [-0.15, -0.1) is 11.3 Å². The maximum Gasteiger partial charge on any atom is 0.185 e. The summed E-state index contributed by atoms with van der Waals surface area (Å²) in [5.41, 5.74) is 0.478. The second-order valence-corrected chi connectivity index (χ2v) is 5.81. The van der Waals surface area contributed by atoms with Gasteiger partial charge in [0.25, 0.3) is 0 Å². The molecule has 2 rings (SSSR count). The minimum atomic E-state index is -0.752. The topological polar surface area (TPSA) is 40.9 Å². The molecule has 0 amide bonds. The normalized spacial score (nSPS) is 11.8. The van der Waals surface area contributed by atoms with Crippen molar-refractivity contribution in [3.63, 3.8) is 0 Å². The molecule has 1 aromatic carbocycles. The van der Waals surface area contributed by atoms with Gasteiger partial charge in [0.15, 0.2) is 5.78 Å². The van der Waals surface area contributed by atoms with E-state index in [1.54, 1.807) is 24.3 Å². The predicted molar refractivity (Wildman–Crippen MR) is 76.2 cm³/mol. The van der Waals surface area contributed by atoms with E-state index >= 15 is 0 Å². The van der Waals surface area contributed by atoms with Crippen LogP contribution in [0.1, 0.15) is 21.2 Å². The van der Waals surface area contributed by atoms with Crippen LogP contribution in [-0.4, -0.2) is 5.78 Å². The quantitative estimate of drug-likeness (QED) is 0.763. The van der Waals surface area contributed by atoms with Gasteiger partial charge < -0.3 is 0 Å². The van der Waals surface area contributed by atoms with Crippen LogP contribution in [-0.2, 0) is 0 Å². The van der Waals surface area contributed by atoms with Crippen LogP contribution in [0.2, 0.25) is 5.02 Å². The Labute approximate surface area is 122 Å². The first-order valence-corrected chi connectivity index (χ1v) is 7.11. The lowest BCUT2D eigenvalue weighted by Crippen LogP contribution is -2.09. The third-order valence-corrected chi connectivity index (χ3v) is 4.57. The maximum absolute atomic E-state index is 12.3. The number of hydrogen-bond donors (Lipinski definition) is 0. The lowest BCUT2D eigenvalue weighted by atomic mass is 9.97. The van der Waals surface area contributed by atoms with Crippen LogP contribution < -0.4 is 0 Å². The first kappa shape index (κ1) is 13.3. The van der Waals surface area contributed by atoms with E-state index in [-0.39, 0.29) is 5.78 Å². The van der Waals surface area contributed by atoms with Gasteiger partial charge in [-0.05, 0) is 45.6 Å². The molecule has 2 nitrogen and oxygen atoms in total. The Bertz CT molecular complexity index is 618. The Kier molecular flexibility index (Phi) is 4.18. The SMILES string of the molecule is N#CC(C(=O)c1ccc(Cl)c(Br)c1)c1cccs1. The van der Waals surface area contributed by atoms with Crippen molar-refractivity contribution in [1.82, 2.24) is 0 Å². The average molecular weight is 341 g/mol. The molecule has 0 aliphatic carbocycles. The van der Waals surface area contributed by atoms with E-state index in [1.165, 1.54) is 11.3 Å². The number of benzene rings is 1. The molecule has 0 aliphatic heterocycles. The van der Waals surface area contributed by atoms with Crippen LogP contribution in [0, 0.1) is 11.3 Å². The number of carbonyl (C=O) groups is 1. The second kappa shape index (κ2) is 5.66. The monoisotopic (exact) mass is 339 g/mol. The zero-order chi connectivity index (χ0) is 13.1. The zero-order valence-corrected chi connectivity index (χ0v) is 12.2. The largest absolute Gasteiger partial charge is 0.292 e. The number of ketones is 1. The fraction of sp³-hybridized carbons (Fsp3) is 0.0769. The van der Waals surface area contributed by atoms with Crippen molar-refractivity contribution in [1.29, 1.82) is 5.26 Å². The van der Waals surface area contributed by atoms with Crippen LogP contribution >= 0.6 is 38.9 Å². The lowest BCUT2D eigenvalue weighted by Gasteiger charge is -2.07. The molecule has 0 saturated carbocycles. The summed E-state index contributed by atoms with van der Waals surface area (Å²) < 4.78 is 0.651. The summed E-state index contributed by atoms with van der Waals surface area (Å²) >= 11 is 10.6. The highest BCUT2D eigenvalue weighted by Crippen LogP contribution is 2.28. The Hall–Kier alpha value is -1.15. The average Bonchev–Trinajstić information content (AvgIpc) is 2.87. The molecule has 1 aromatic heterocycles. The number of nitrogens with zero attached hydrogens (tertiary/aromatic N) is 1. The number of hydrogen-bond acceptors (Lipinski definition) is 3. The molecule has 0 N–H and O–H groups in total. The summed E-state index contributed by atoms with van der Waals surface area (Å²) in [6, 6.07) is 10.6. The van der Waals surface area contributed by atoms with Crippen molar-refractivity contribution in [2.24, 2.45) is 0 Å². The highest BCUT2D eigenvalue weighted by molar-refractivity contribution is 9.10. The fourth-order valence-corrected chi connectivity index (χ4v) is 2.79. The first-order valence-electron chi connectivity index (χ1n) is 5.05. The summed E-state index contributed by atoms with van der Waals surface area (Å²) in [6.07, 6.45) is 0. The van der Waals surface area contributed by atoms with E-state index < -0.39 is 5.92 Å². The van der Waals surface area contributed by atoms with Crippen LogP contribution in [0.5, 0.6) is 0 Å². The van der Waals surface area contributed by atoms with E-state index in [0.717, 1.165) is 4.88 Å². The number of halogens is 2. The summed E-state index contributed by atoms with van der Waals surface area (Å²) in [5, 5.41) is 11.5. The number of Topliss-reactive ketones (excluding diaryl/α,β-unsaturated/α-hetero) is 1. The maximum atomic E-state index is 12.3. The van der Waals surface area contributed by atoms with Gasteiger partial charge in [0.2, 0.25) is 0 Å². The van der Waals surface area contributed by atoms with E-state index in [0.29, 0.717) is 15.1 Å². The van der Waals surface area contributed by atoms with Gasteiger partial charge in [-0.2, -0.15) is 5.26 Å². The Morgan fingerprint density at radius 1 is 1.44 bits per heavy atom. The lowest BCUT2D eigenvalue weighted by molar-refractivity contribution is 0.0980. The molecule has 0 aliphatic rings. The Morgan fingerprint density at radius 2 is 2.22 bits per heavy atom. The predicted octanol–water partition coefficient (Wildman–Crippen LogP) is 4.65. The van der Waals surface area contributed by atoms with Gasteiger partial charge in [0.1, 0.15) is 5.92 Å². The van der Waals surface area contributed by atoms with Gasteiger partial charge in [0, 0.05) is 14.9 Å². The second-order valence-electron chi connectivity index (χ2n) is 3.57. The molecular formula is C13H7BrClNOS. The van der Waals surface area contributed by atoms with Crippen molar-refractivity contribution < 1.29 is 4.79 Å². The molecule has 18 heavy (non-hydrogen) atoms. The van der Waals surface area contributed by atoms with E-state index in [9.17, 15) is 4.79 Å². The molecule has 1 heterocycles. The van der Waals surface area contributed by atoms with E-state index in [1.807, 2.05) is 17.5 Å². The molecule has 0 fully saturated rings. The number of thiophene rings is 1. The minimum Gasteiger partial charge on any atom is -0.292 e. The highest BCUT2D eigenvalue weighted by atomic mass is 79.9. The molecule has 1 atom stereocenters. The zero-order valence-electron chi connectivity index (χ0n) is 9.06. The van der Waals surface area contributed by atoms with Crippen LogP contribution in [0.4, 0.5) is 0 Å². The van der Waals surface area contributed by atoms with Gasteiger partial charge in [-0.25, -0.2) is 0 Å². The van der Waals surface area contributed by atoms with Crippen LogP contribution in [0.3, 0.4) is 0 Å². The molecule has 0 radical (unpaired) electrons. The van der Waals surface area contributed by atoms with Gasteiger partial charge in [-0.1, -0.05) is 17.7 Å². The van der Waals surface area contributed by atoms with Crippen molar-refractivity contribution >= 4 is 44.7 Å². The number of carbonyl (C=O) groups excluding carboxylic acids is 1. The molecule has 0 bridgehead atoms. The molecule has 2 aromatic rings. The van der Waals surface area contributed by atoms with Crippen LogP contribution in [0.25, 0.3) is 0 Å². The molecule has 1 unspecified atom stereocenters. The van der Waals surface area contributed by atoms with Gasteiger partial charge in [-0.3, -0.25) is 4.79 Å². The minimum absolute atomic E-state index is 0.211. The van der Waals surface area contributed by atoms with E-state index in [2.05, 4.69) is 15.9 Å². The van der Waals surface area contributed by atoms with Gasteiger partial charge >= 0.3 is 0 Å². The molecule has 5 heteroatoms. The first-order chi connectivity index (χ1) is 8.63. The summed E-state index contributed by atoms with van der Waals surface area (Å²) in [7, 11) is 0. The third-order valence-electron chi connectivity index (χ3n) is 2.42. The smallest absolute Gasteiger partial charge is 0.185 e. The van der Waals surface area contributed by atoms with Crippen molar-refractivity contribution in [2.75, 3.05) is 0 Å². The highest BCUT2D eigenvalue weighted by Gasteiger charge is 2.23. The molecule has 90 valence electrons. The molecule has 0 saturated heterocycles.